The number of hydrogen-bond acceptors (Lipinski definition) is 7. The highest BCUT2D eigenvalue weighted by Gasteiger charge is 2.23. The fourth-order valence-corrected chi connectivity index (χ4v) is 2.91. The summed E-state index contributed by atoms with van der Waals surface area (Å²) < 4.78 is 16.0. The number of pyridine rings is 1. The van der Waals surface area contributed by atoms with Gasteiger partial charge in [-0.3, -0.25) is 0 Å². The van der Waals surface area contributed by atoms with E-state index >= 15 is 0 Å². The van der Waals surface area contributed by atoms with Crippen molar-refractivity contribution in [1.29, 1.82) is 0 Å². The van der Waals surface area contributed by atoms with Crippen LogP contribution in [0.3, 0.4) is 0 Å². The van der Waals surface area contributed by atoms with Crippen LogP contribution < -0.4 is 14.2 Å². The molecule has 1 heterocycles. The summed E-state index contributed by atoms with van der Waals surface area (Å²) >= 11 is 0. The van der Waals surface area contributed by atoms with Gasteiger partial charge in [-0.05, 0) is 18.2 Å². The SMILES string of the molecule is COc1cc2nc(-c3ccc(O)cc3O)cc(C(=O)O)c2c(OC)c1OC. The Balaban J connectivity index is 2.42. The molecule has 0 atom stereocenters. The van der Waals surface area contributed by atoms with Gasteiger partial charge >= 0.3 is 5.97 Å². The molecule has 1 aromatic heterocycles. The van der Waals surface area contributed by atoms with Crippen molar-refractivity contribution in [2.24, 2.45) is 0 Å². The number of hydrogen-bond donors (Lipinski definition) is 3. The molecule has 8 heteroatoms. The van der Waals surface area contributed by atoms with E-state index in [9.17, 15) is 20.1 Å². The second-order valence-corrected chi connectivity index (χ2v) is 5.60. The lowest BCUT2D eigenvalue weighted by Crippen LogP contribution is -2.04. The lowest BCUT2D eigenvalue weighted by molar-refractivity contribution is 0.0698. The van der Waals surface area contributed by atoms with Gasteiger partial charge < -0.3 is 29.5 Å². The Morgan fingerprint density at radius 1 is 0.963 bits per heavy atom. The summed E-state index contributed by atoms with van der Waals surface area (Å²) in [5, 5.41) is 29.5. The smallest absolute Gasteiger partial charge is 0.336 e. The first-order valence-corrected chi connectivity index (χ1v) is 7.80. The van der Waals surface area contributed by atoms with Crippen LogP contribution in [0.2, 0.25) is 0 Å². The molecule has 0 aliphatic rings. The van der Waals surface area contributed by atoms with Gasteiger partial charge in [0.05, 0.1) is 43.5 Å². The molecule has 0 radical (unpaired) electrons. The van der Waals surface area contributed by atoms with E-state index in [0.29, 0.717) is 5.75 Å². The third-order valence-electron chi connectivity index (χ3n) is 4.09. The molecule has 0 spiro atoms. The minimum atomic E-state index is -1.20. The van der Waals surface area contributed by atoms with Crippen molar-refractivity contribution in [2.45, 2.75) is 0 Å². The largest absolute Gasteiger partial charge is 0.508 e. The van der Waals surface area contributed by atoms with Gasteiger partial charge in [0.1, 0.15) is 11.5 Å². The van der Waals surface area contributed by atoms with Crippen molar-refractivity contribution in [3.8, 4) is 40.0 Å². The standard InChI is InChI=1S/C19H17NO7/c1-25-15-8-13-16(18(27-3)17(15)26-2)11(19(23)24)7-12(20-13)10-5-4-9(21)6-14(10)22/h4-8,21-22H,1-3H3,(H,23,24). The normalized spacial score (nSPS) is 10.6. The lowest BCUT2D eigenvalue weighted by atomic mass is 10.0. The van der Waals surface area contributed by atoms with Crippen LogP contribution in [0.1, 0.15) is 10.4 Å². The Hall–Kier alpha value is -3.68. The maximum atomic E-state index is 11.9. The van der Waals surface area contributed by atoms with Gasteiger partial charge in [0.2, 0.25) is 5.75 Å². The molecular weight excluding hydrogens is 354 g/mol. The number of benzene rings is 2. The summed E-state index contributed by atoms with van der Waals surface area (Å²) in [5.41, 5.74) is 0.685. The van der Waals surface area contributed by atoms with E-state index in [1.54, 1.807) is 0 Å². The summed E-state index contributed by atoms with van der Waals surface area (Å²) in [7, 11) is 4.25. The lowest BCUT2D eigenvalue weighted by Gasteiger charge is -2.16. The number of methoxy groups -OCH3 is 3. The average Bonchev–Trinajstić information content (AvgIpc) is 2.65. The van der Waals surface area contributed by atoms with Crippen LogP contribution in [-0.4, -0.2) is 47.6 Å². The molecule has 2 aromatic carbocycles. The van der Waals surface area contributed by atoms with Gasteiger partial charge in [-0.15, -0.1) is 0 Å². The quantitative estimate of drug-likeness (QED) is 0.626. The predicted octanol–water partition coefficient (Wildman–Crippen LogP) is 3.04. The first-order valence-electron chi connectivity index (χ1n) is 7.80. The van der Waals surface area contributed by atoms with Crippen LogP contribution in [0.15, 0.2) is 30.3 Å². The van der Waals surface area contributed by atoms with Crippen LogP contribution >= 0.6 is 0 Å². The van der Waals surface area contributed by atoms with Crippen molar-refractivity contribution < 1.29 is 34.3 Å². The molecule has 0 saturated carbocycles. The summed E-state index contributed by atoms with van der Waals surface area (Å²) in [6, 6.07) is 6.82. The summed E-state index contributed by atoms with van der Waals surface area (Å²) in [5.74, 6) is -0.810. The summed E-state index contributed by atoms with van der Waals surface area (Å²) in [6.45, 7) is 0. The van der Waals surface area contributed by atoms with Crippen molar-refractivity contribution in [3.05, 3.63) is 35.9 Å². The number of carboxylic acids is 1. The number of aromatic carboxylic acids is 1. The van der Waals surface area contributed by atoms with Crippen LogP contribution in [0.4, 0.5) is 0 Å². The third-order valence-corrected chi connectivity index (χ3v) is 4.09. The molecule has 140 valence electrons. The Labute approximate surface area is 154 Å². The fraction of sp³-hybridized carbons (Fsp3) is 0.158. The highest BCUT2D eigenvalue weighted by atomic mass is 16.5. The Bertz CT molecular complexity index is 1050. The second-order valence-electron chi connectivity index (χ2n) is 5.60. The number of nitrogens with zero attached hydrogens (tertiary/aromatic N) is 1. The van der Waals surface area contributed by atoms with Crippen molar-refractivity contribution in [2.75, 3.05) is 21.3 Å². The van der Waals surface area contributed by atoms with Crippen molar-refractivity contribution >= 4 is 16.9 Å². The Morgan fingerprint density at radius 2 is 1.67 bits per heavy atom. The van der Waals surface area contributed by atoms with Crippen LogP contribution in [0.5, 0.6) is 28.7 Å². The van der Waals surface area contributed by atoms with Gasteiger partial charge in [0.15, 0.2) is 11.5 Å². The van der Waals surface area contributed by atoms with Crippen LogP contribution in [0, 0.1) is 0 Å². The number of ether oxygens (including phenoxy) is 3. The monoisotopic (exact) mass is 371 g/mol. The van der Waals surface area contributed by atoms with E-state index in [4.69, 9.17) is 14.2 Å². The maximum absolute atomic E-state index is 11.9. The van der Waals surface area contributed by atoms with Crippen molar-refractivity contribution in [3.63, 3.8) is 0 Å². The molecule has 0 saturated heterocycles. The molecule has 8 nitrogen and oxygen atoms in total. The molecule has 0 unspecified atom stereocenters. The number of rotatable bonds is 5. The number of carbonyl (C=O) groups is 1. The molecule has 0 fully saturated rings. The number of aromatic hydroxyl groups is 2. The minimum absolute atomic E-state index is 0.0831. The highest BCUT2D eigenvalue weighted by molar-refractivity contribution is 6.08. The topological polar surface area (TPSA) is 118 Å². The summed E-state index contributed by atoms with van der Waals surface area (Å²) in [4.78, 5) is 16.4. The summed E-state index contributed by atoms with van der Waals surface area (Å²) in [6.07, 6.45) is 0. The number of phenols is 2. The van der Waals surface area contributed by atoms with E-state index in [0.717, 1.165) is 6.07 Å². The average molecular weight is 371 g/mol. The van der Waals surface area contributed by atoms with Gasteiger partial charge in [-0.25, -0.2) is 9.78 Å². The van der Waals surface area contributed by atoms with Crippen LogP contribution in [0.25, 0.3) is 22.2 Å². The molecule has 3 rings (SSSR count). The Morgan fingerprint density at radius 3 is 2.22 bits per heavy atom. The van der Waals surface area contributed by atoms with E-state index in [-0.39, 0.29) is 50.7 Å². The third kappa shape index (κ3) is 3.01. The number of fused-ring (bicyclic) bond motifs is 1. The fourth-order valence-electron chi connectivity index (χ4n) is 2.91. The van der Waals surface area contributed by atoms with Crippen LogP contribution in [-0.2, 0) is 0 Å². The van der Waals surface area contributed by atoms with Gasteiger partial charge in [-0.1, -0.05) is 0 Å². The zero-order valence-corrected chi connectivity index (χ0v) is 14.8. The molecule has 0 aliphatic carbocycles. The molecular formula is C19H17NO7. The van der Waals surface area contributed by atoms with Gasteiger partial charge in [-0.2, -0.15) is 0 Å². The highest BCUT2D eigenvalue weighted by Crippen LogP contribution is 2.45. The minimum Gasteiger partial charge on any atom is -0.508 e. The van der Waals surface area contributed by atoms with Crippen molar-refractivity contribution in [1.82, 2.24) is 4.98 Å². The molecule has 0 aliphatic heterocycles. The van der Waals surface area contributed by atoms with E-state index in [1.807, 2.05) is 0 Å². The number of phenolic OH excluding ortho intramolecular Hbond substituents is 2. The van der Waals surface area contributed by atoms with Gasteiger partial charge in [0.25, 0.3) is 0 Å². The number of aromatic nitrogens is 1. The van der Waals surface area contributed by atoms with E-state index < -0.39 is 5.97 Å². The Kier molecular flexibility index (Phi) is 4.64. The molecule has 3 N–H and O–H groups in total. The molecule has 27 heavy (non-hydrogen) atoms. The first-order chi connectivity index (χ1) is 12.9. The molecule has 0 amide bonds. The first kappa shape index (κ1) is 18.1. The van der Waals surface area contributed by atoms with E-state index in [1.165, 1.54) is 45.6 Å². The molecule has 3 aromatic rings. The maximum Gasteiger partial charge on any atom is 0.336 e. The zero-order chi connectivity index (χ0) is 19.7. The molecule has 0 bridgehead atoms. The number of carboxylic acid groups (broad SMARTS) is 1. The zero-order valence-electron chi connectivity index (χ0n) is 14.8. The van der Waals surface area contributed by atoms with Gasteiger partial charge in [0, 0.05) is 17.7 Å². The van der Waals surface area contributed by atoms with E-state index in [2.05, 4.69) is 4.98 Å². The predicted molar refractivity (Wildman–Crippen MR) is 97.1 cm³/mol. The second kappa shape index (κ2) is 6.91.